The van der Waals surface area contributed by atoms with E-state index in [4.69, 9.17) is 11.6 Å². The summed E-state index contributed by atoms with van der Waals surface area (Å²) < 4.78 is 0. The highest BCUT2D eigenvalue weighted by atomic mass is 35.5. The molecule has 0 saturated carbocycles. The molecule has 0 bridgehead atoms. The number of halogens is 1. The smallest absolute Gasteiger partial charge is 0.230 e. The van der Waals surface area contributed by atoms with Gasteiger partial charge in [0.2, 0.25) is 5.91 Å². The zero-order valence-corrected chi connectivity index (χ0v) is 21.1. The molecule has 0 aliphatic carbocycles. The quantitative estimate of drug-likeness (QED) is 0.301. The fraction of sp³-hybridized carbons (Fsp3) is 0.241. The molecule has 1 aliphatic rings. The summed E-state index contributed by atoms with van der Waals surface area (Å²) >= 11 is 6.56. The van der Waals surface area contributed by atoms with Crippen molar-refractivity contribution in [2.75, 3.05) is 18.5 Å². The van der Waals surface area contributed by atoms with Gasteiger partial charge in [0.05, 0.1) is 28.9 Å². The molecule has 7 heteroatoms. The molecule has 0 spiro atoms. The number of aliphatic hydroxyl groups is 1. The number of aromatic nitrogens is 2. The van der Waals surface area contributed by atoms with E-state index in [-0.39, 0.29) is 12.5 Å². The fourth-order valence-electron chi connectivity index (χ4n) is 4.56. The molecule has 36 heavy (non-hydrogen) atoms. The standard InChI is InChI=1S/C29H29ClN4O2/c1-29(2,18-35)28(36)34-14-13-22-20(17-34)9-6-10-25(22)32-21-11-12-24(30)23(15-21)27-31-16-26(33-27)19-7-4-3-5-8-19/h3-12,15-16,32,35H,13-14,17-18H2,1-2H3,(H,31,33). The van der Waals surface area contributed by atoms with Crippen LogP contribution in [-0.2, 0) is 17.8 Å². The topological polar surface area (TPSA) is 81.2 Å². The van der Waals surface area contributed by atoms with E-state index >= 15 is 0 Å². The van der Waals surface area contributed by atoms with Crippen molar-refractivity contribution in [1.29, 1.82) is 0 Å². The highest BCUT2D eigenvalue weighted by molar-refractivity contribution is 6.33. The molecule has 2 heterocycles. The number of hydrogen-bond acceptors (Lipinski definition) is 4. The number of aliphatic hydroxyl groups excluding tert-OH is 1. The highest BCUT2D eigenvalue weighted by Gasteiger charge is 2.33. The molecule has 4 aromatic rings. The number of amides is 1. The van der Waals surface area contributed by atoms with Gasteiger partial charge in [-0.25, -0.2) is 4.98 Å². The summed E-state index contributed by atoms with van der Waals surface area (Å²) in [6, 6.07) is 22.0. The normalized spacial score (nSPS) is 13.4. The largest absolute Gasteiger partial charge is 0.395 e. The van der Waals surface area contributed by atoms with Gasteiger partial charge in [-0.05, 0) is 61.2 Å². The van der Waals surface area contributed by atoms with Crippen molar-refractivity contribution in [3.63, 3.8) is 0 Å². The van der Waals surface area contributed by atoms with Crippen molar-refractivity contribution in [2.24, 2.45) is 5.41 Å². The van der Waals surface area contributed by atoms with Crippen LogP contribution < -0.4 is 5.32 Å². The highest BCUT2D eigenvalue weighted by Crippen LogP contribution is 2.34. The van der Waals surface area contributed by atoms with E-state index in [1.165, 1.54) is 5.56 Å². The zero-order chi connectivity index (χ0) is 25.3. The molecule has 0 unspecified atom stereocenters. The van der Waals surface area contributed by atoms with Crippen molar-refractivity contribution in [3.05, 3.63) is 89.1 Å². The summed E-state index contributed by atoms with van der Waals surface area (Å²) in [4.78, 5) is 22.7. The first-order valence-electron chi connectivity index (χ1n) is 12.0. The number of carbonyl (C=O) groups excluding carboxylic acids is 1. The third kappa shape index (κ3) is 4.74. The van der Waals surface area contributed by atoms with E-state index in [9.17, 15) is 9.90 Å². The van der Waals surface area contributed by atoms with Gasteiger partial charge in [-0.1, -0.05) is 54.1 Å². The van der Waals surface area contributed by atoms with E-state index in [2.05, 4.69) is 27.4 Å². The Labute approximate surface area is 216 Å². The lowest BCUT2D eigenvalue weighted by Crippen LogP contribution is -2.45. The summed E-state index contributed by atoms with van der Waals surface area (Å²) in [6.07, 6.45) is 2.56. The van der Waals surface area contributed by atoms with E-state index in [0.717, 1.165) is 40.2 Å². The van der Waals surface area contributed by atoms with Crippen LogP contribution in [0.4, 0.5) is 11.4 Å². The zero-order valence-electron chi connectivity index (χ0n) is 20.4. The molecular weight excluding hydrogens is 472 g/mol. The molecule has 5 rings (SSSR count). The molecular formula is C29H29ClN4O2. The Balaban J connectivity index is 1.39. The van der Waals surface area contributed by atoms with Crippen LogP contribution in [0.25, 0.3) is 22.6 Å². The SMILES string of the molecule is CC(C)(CO)C(=O)N1CCc2c(cccc2Nc2ccc(Cl)c(-c3ncc(-c4ccccc4)[nH]3)c2)C1. The van der Waals surface area contributed by atoms with Gasteiger partial charge in [0.15, 0.2) is 0 Å². The lowest BCUT2D eigenvalue weighted by molar-refractivity contribution is -0.143. The Kier molecular flexibility index (Phi) is 6.56. The molecule has 3 N–H and O–H groups in total. The van der Waals surface area contributed by atoms with Gasteiger partial charge in [-0.15, -0.1) is 0 Å². The summed E-state index contributed by atoms with van der Waals surface area (Å²) in [5.41, 5.74) is 6.26. The minimum absolute atomic E-state index is 0.0234. The number of hydrogen-bond donors (Lipinski definition) is 3. The lowest BCUT2D eigenvalue weighted by atomic mass is 9.90. The van der Waals surface area contributed by atoms with Crippen molar-refractivity contribution in [1.82, 2.24) is 14.9 Å². The predicted octanol–water partition coefficient (Wildman–Crippen LogP) is 6.04. The number of carbonyl (C=O) groups is 1. The molecule has 184 valence electrons. The number of aromatic amines is 1. The minimum atomic E-state index is -0.778. The fourth-order valence-corrected chi connectivity index (χ4v) is 4.77. The van der Waals surface area contributed by atoms with Crippen LogP contribution >= 0.6 is 11.6 Å². The second kappa shape index (κ2) is 9.80. The van der Waals surface area contributed by atoms with Gasteiger partial charge in [0, 0.05) is 30.0 Å². The average Bonchev–Trinajstić information content (AvgIpc) is 3.40. The maximum absolute atomic E-state index is 12.9. The van der Waals surface area contributed by atoms with E-state index in [1.807, 2.05) is 65.7 Å². The van der Waals surface area contributed by atoms with E-state index in [0.29, 0.717) is 23.9 Å². The van der Waals surface area contributed by atoms with Crippen LogP contribution in [0.3, 0.4) is 0 Å². The van der Waals surface area contributed by atoms with Crippen LogP contribution in [0, 0.1) is 5.41 Å². The predicted molar refractivity (Wildman–Crippen MR) is 144 cm³/mol. The third-order valence-corrected chi connectivity index (χ3v) is 7.02. The van der Waals surface area contributed by atoms with Crippen molar-refractivity contribution >= 4 is 28.9 Å². The van der Waals surface area contributed by atoms with Gasteiger partial charge in [0.25, 0.3) is 0 Å². The number of imidazole rings is 1. The van der Waals surface area contributed by atoms with Crippen molar-refractivity contribution in [3.8, 4) is 22.6 Å². The Hall–Kier alpha value is -3.61. The maximum atomic E-state index is 12.9. The Bertz CT molecular complexity index is 1400. The molecule has 0 atom stereocenters. The second-order valence-electron chi connectivity index (χ2n) is 9.79. The first-order chi connectivity index (χ1) is 17.4. The molecule has 6 nitrogen and oxygen atoms in total. The number of nitrogens with zero attached hydrogens (tertiary/aromatic N) is 2. The summed E-state index contributed by atoms with van der Waals surface area (Å²) in [6.45, 7) is 4.55. The molecule has 3 aromatic carbocycles. The van der Waals surface area contributed by atoms with E-state index in [1.54, 1.807) is 13.8 Å². The van der Waals surface area contributed by atoms with Gasteiger partial charge in [-0.3, -0.25) is 4.79 Å². The molecule has 1 aromatic heterocycles. The molecule has 0 fully saturated rings. The number of anilines is 2. The number of benzene rings is 3. The molecule has 1 aliphatic heterocycles. The first-order valence-corrected chi connectivity index (χ1v) is 12.4. The monoisotopic (exact) mass is 500 g/mol. The minimum Gasteiger partial charge on any atom is -0.395 e. The average molecular weight is 501 g/mol. The number of rotatable bonds is 6. The Morgan fingerprint density at radius 1 is 1.14 bits per heavy atom. The van der Waals surface area contributed by atoms with Crippen LogP contribution in [0.1, 0.15) is 25.0 Å². The van der Waals surface area contributed by atoms with Crippen LogP contribution in [-0.4, -0.2) is 39.0 Å². The summed E-state index contributed by atoms with van der Waals surface area (Å²) in [7, 11) is 0. The Morgan fingerprint density at radius 3 is 2.72 bits per heavy atom. The van der Waals surface area contributed by atoms with E-state index < -0.39 is 5.41 Å². The van der Waals surface area contributed by atoms with Crippen molar-refractivity contribution < 1.29 is 9.90 Å². The van der Waals surface area contributed by atoms with Crippen LogP contribution in [0.5, 0.6) is 0 Å². The summed E-state index contributed by atoms with van der Waals surface area (Å²) in [5.74, 6) is 0.683. The van der Waals surface area contributed by atoms with Gasteiger partial charge in [-0.2, -0.15) is 0 Å². The number of nitrogens with one attached hydrogen (secondary N) is 2. The third-order valence-electron chi connectivity index (χ3n) is 6.69. The first kappa shape index (κ1) is 24.1. The lowest BCUT2D eigenvalue weighted by Gasteiger charge is -2.35. The van der Waals surface area contributed by atoms with Crippen molar-refractivity contribution in [2.45, 2.75) is 26.8 Å². The van der Waals surface area contributed by atoms with Crippen LogP contribution in [0.2, 0.25) is 5.02 Å². The van der Waals surface area contributed by atoms with Gasteiger partial charge < -0.3 is 20.3 Å². The number of H-pyrrole nitrogens is 1. The molecule has 0 radical (unpaired) electrons. The van der Waals surface area contributed by atoms with Gasteiger partial charge >= 0.3 is 0 Å². The maximum Gasteiger partial charge on any atom is 0.230 e. The second-order valence-corrected chi connectivity index (χ2v) is 10.2. The Morgan fingerprint density at radius 2 is 1.94 bits per heavy atom. The van der Waals surface area contributed by atoms with Crippen LogP contribution in [0.15, 0.2) is 72.9 Å². The summed E-state index contributed by atoms with van der Waals surface area (Å²) in [5, 5.41) is 13.8. The molecule has 0 saturated heterocycles. The number of fused-ring (bicyclic) bond motifs is 1. The molecule has 1 amide bonds. The van der Waals surface area contributed by atoms with Gasteiger partial charge in [0.1, 0.15) is 5.82 Å².